The molecule has 2 aliphatic rings. The van der Waals surface area contributed by atoms with E-state index in [9.17, 15) is 19.1 Å². The number of aliphatic hydroxyl groups is 1. The molecular formula is C26H26ClFN4O3. The summed E-state index contributed by atoms with van der Waals surface area (Å²) in [6.45, 7) is 2.46. The zero-order valence-electron chi connectivity index (χ0n) is 19.3. The number of rotatable bonds is 2. The first-order valence-corrected chi connectivity index (χ1v) is 11.7. The van der Waals surface area contributed by atoms with Gasteiger partial charge in [0, 0.05) is 30.1 Å². The van der Waals surface area contributed by atoms with Crippen molar-refractivity contribution < 1.29 is 14.3 Å². The number of aromatic nitrogens is 3. The fourth-order valence-electron chi connectivity index (χ4n) is 5.49. The highest BCUT2D eigenvalue weighted by atomic mass is 35.5. The van der Waals surface area contributed by atoms with Gasteiger partial charge < -0.3 is 15.0 Å². The molecule has 2 aromatic carbocycles. The molecule has 182 valence electrons. The zero-order valence-corrected chi connectivity index (χ0v) is 20.1. The van der Waals surface area contributed by atoms with Crippen molar-refractivity contribution in [1.82, 2.24) is 19.3 Å². The highest BCUT2D eigenvalue weighted by Gasteiger charge is 2.29. The number of carbonyl (C=O) groups is 1. The van der Waals surface area contributed by atoms with Crippen molar-refractivity contribution >= 4 is 34.9 Å². The molecule has 2 aromatic heterocycles. The summed E-state index contributed by atoms with van der Waals surface area (Å²) >= 11 is 0. The third-order valence-corrected chi connectivity index (χ3v) is 7.36. The number of nitrogens with one attached hydrogen (secondary N) is 1. The van der Waals surface area contributed by atoms with E-state index in [1.54, 1.807) is 23.2 Å². The van der Waals surface area contributed by atoms with E-state index in [0.717, 1.165) is 48.2 Å². The van der Waals surface area contributed by atoms with Crippen LogP contribution in [0, 0.1) is 12.7 Å². The maximum atomic E-state index is 14.2. The van der Waals surface area contributed by atoms with Crippen LogP contribution in [0.1, 0.15) is 64.5 Å². The lowest BCUT2D eigenvalue weighted by Crippen LogP contribution is -2.26. The molecule has 0 spiro atoms. The molecule has 1 saturated carbocycles. The molecule has 35 heavy (non-hydrogen) atoms. The van der Waals surface area contributed by atoms with Gasteiger partial charge in [0.05, 0.1) is 23.3 Å². The second kappa shape index (κ2) is 8.77. The van der Waals surface area contributed by atoms with Crippen LogP contribution in [0.4, 0.5) is 4.39 Å². The zero-order chi connectivity index (χ0) is 23.6. The van der Waals surface area contributed by atoms with Gasteiger partial charge in [-0.1, -0.05) is 12.1 Å². The summed E-state index contributed by atoms with van der Waals surface area (Å²) in [5, 5.41) is 9.90. The van der Waals surface area contributed by atoms with E-state index in [1.807, 2.05) is 23.5 Å². The van der Waals surface area contributed by atoms with E-state index in [2.05, 4.69) is 9.97 Å². The third kappa shape index (κ3) is 3.81. The summed E-state index contributed by atoms with van der Waals surface area (Å²) < 4.78 is 16.1. The van der Waals surface area contributed by atoms with Crippen molar-refractivity contribution in [3.05, 3.63) is 80.8 Å². The van der Waals surface area contributed by atoms with Crippen molar-refractivity contribution in [3.63, 3.8) is 0 Å². The molecule has 2 N–H and O–H groups in total. The summed E-state index contributed by atoms with van der Waals surface area (Å²) in [6.07, 6.45) is 4.40. The monoisotopic (exact) mass is 496 g/mol. The topological polar surface area (TPSA) is 90.7 Å². The molecule has 9 heteroatoms. The Morgan fingerprint density at radius 1 is 1.14 bits per heavy atom. The second-order valence-corrected chi connectivity index (χ2v) is 9.52. The number of halogens is 2. The van der Waals surface area contributed by atoms with E-state index in [-0.39, 0.29) is 48.3 Å². The third-order valence-electron chi connectivity index (χ3n) is 7.36. The van der Waals surface area contributed by atoms with Crippen LogP contribution in [0.15, 0.2) is 41.3 Å². The van der Waals surface area contributed by atoms with Gasteiger partial charge in [-0.3, -0.25) is 14.0 Å². The van der Waals surface area contributed by atoms with Crippen LogP contribution in [0.2, 0.25) is 0 Å². The summed E-state index contributed by atoms with van der Waals surface area (Å²) in [7, 11) is 0. The van der Waals surface area contributed by atoms with Gasteiger partial charge in [-0.05, 0) is 61.9 Å². The standard InChI is InChI=1S/C26H25FN4O3.ClH/c1-14-9-22-21(10-18(14)26(34)30-12-16-3-2-4-20(27)19(16)13-30)29-25(33)23-11-28-24(31(22)23)15-5-7-17(32)8-6-15;/h2-4,9-11,15,17,32H,5-8,12-13H2,1H3,(H,29,33);1H. The van der Waals surface area contributed by atoms with Crippen molar-refractivity contribution in [2.45, 2.75) is 57.7 Å². The van der Waals surface area contributed by atoms with Crippen molar-refractivity contribution in [1.29, 1.82) is 0 Å². The van der Waals surface area contributed by atoms with Gasteiger partial charge in [0.2, 0.25) is 0 Å². The maximum absolute atomic E-state index is 14.2. The Morgan fingerprint density at radius 3 is 2.66 bits per heavy atom. The molecule has 3 heterocycles. The first-order chi connectivity index (χ1) is 16.4. The van der Waals surface area contributed by atoms with Gasteiger partial charge >= 0.3 is 0 Å². The Hall–Kier alpha value is -3.23. The molecule has 6 rings (SSSR count). The van der Waals surface area contributed by atoms with Crippen LogP contribution >= 0.6 is 12.4 Å². The number of nitrogens with zero attached hydrogens (tertiary/aromatic N) is 3. The Labute approximate surface area is 207 Å². The van der Waals surface area contributed by atoms with Gasteiger partial charge in [-0.2, -0.15) is 0 Å². The molecular weight excluding hydrogens is 471 g/mol. The largest absolute Gasteiger partial charge is 0.393 e. The molecule has 1 aliphatic heterocycles. The SMILES string of the molecule is Cc1cc2c(cc1C(=O)N1Cc3cccc(F)c3C1)[nH]c(=O)c1cnc(C3CCC(O)CC3)n12.Cl. The number of aromatic amines is 1. The average molecular weight is 497 g/mol. The second-order valence-electron chi connectivity index (χ2n) is 9.52. The van der Waals surface area contributed by atoms with E-state index in [4.69, 9.17) is 0 Å². The van der Waals surface area contributed by atoms with Crippen LogP contribution < -0.4 is 5.56 Å². The molecule has 1 aliphatic carbocycles. The molecule has 0 bridgehead atoms. The van der Waals surface area contributed by atoms with Gasteiger partial charge in [-0.25, -0.2) is 9.37 Å². The highest BCUT2D eigenvalue weighted by molar-refractivity contribution is 5.99. The number of carbonyl (C=O) groups excluding carboxylic acids is 1. The molecule has 1 fully saturated rings. The highest BCUT2D eigenvalue weighted by Crippen LogP contribution is 2.34. The number of hydrogen-bond acceptors (Lipinski definition) is 4. The maximum Gasteiger partial charge on any atom is 0.274 e. The first-order valence-electron chi connectivity index (χ1n) is 11.7. The minimum Gasteiger partial charge on any atom is -0.393 e. The number of fused-ring (bicyclic) bond motifs is 4. The Morgan fingerprint density at radius 2 is 1.91 bits per heavy atom. The lowest BCUT2D eigenvalue weighted by atomic mass is 9.87. The Kier molecular flexibility index (Phi) is 5.89. The van der Waals surface area contributed by atoms with Crippen LogP contribution in [0.5, 0.6) is 0 Å². The quantitative estimate of drug-likeness (QED) is 0.435. The molecule has 0 saturated heterocycles. The molecule has 0 atom stereocenters. The normalized spacial score (nSPS) is 19.7. The van der Waals surface area contributed by atoms with Crippen LogP contribution in [0.3, 0.4) is 0 Å². The van der Waals surface area contributed by atoms with Gasteiger partial charge in [0.15, 0.2) is 0 Å². The number of H-pyrrole nitrogens is 1. The average Bonchev–Trinajstić information content (AvgIpc) is 3.46. The van der Waals surface area contributed by atoms with E-state index >= 15 is 0 Å². The van der Waals surface area contributed by atoms with Crippen molar-refractivity contribution in [3.8, 4) is 0 Å². The molecule has 0 radical (unpaired) electrons. The minimum atomic E-state index is -0.294. The van der Waals surface area contributed by atoms with Crippen LogP contribution in [-0.4, -0.2) is 36.4 Å². The minimum absolute atomic E-state index is 0. The fourth-order valence-corrected chi connectivity index (χ4v) is 5.49. The Balaban J connectivity index is 0.00000253. The van der Waals surface area contributed by atoms with Crippen LogP contribution in [0.25, 0.3) is 16.6 Å². The summed E-state index contributed by atoms with van der Waals surface area (Å²) in [6, 6.07) is 8.56. The lowest BCUT2D eigenvalue weighted by molar-refractivity contribution is 0.0750. The summed E-state index contributed by atoms with van der Waals surface area (Å²) in [4.78, 5) is 35.4. The Bertz CT molecular complexity index is 1520. The predicted octanol–water partition coefficient (Wildman–Crippen LogP) is 4.22. The summed E-state index contributed by atoms with van der Waals surface area (Å²) in [5.41, 5.74) is 4.20. The summed E-state index contributed by atoms with van der Waals surface area (Å²) in [5.74, 6) is 0.498. The number of imidazole rings is 1. The molecule has 7 nitrogen and oxygen atoms in total. The van der Waals surface area contributed by atoms with E-state index < -0.39 is 0 Å². The van der Waals surface area contributed by atoms with Gasteiger partial charge in [0.25, 0.3) is 11.5 Å². The number of benzene rings is 2. The van der Waals surface area contributed by atoms with Crippen molar-refractivity contribution in [2.24, 2.45) is 0 Å². The van der Waals surface area contributed by atoms with Crippen LogP contribution in [-0.2, 0) is 13.1 Å². The fraction of sp³-hybridized carbons (Fsp3) is 0.346. The van der Waals surface area contributed by atoms with E-state index in [0.29, 0.717) is 28.7 Å². The van der Waals surface area contributed by atoms with E-state index in [1.165, 1.54) is 6.07 Å². The molecule has 4 aromatic rings. The first kappa shape index (κ1) is 23.5. The van der Waals surface area contributed by atoms with Gasteiger partial charge in [0.1, 0.15) is 17.2 Å². The predicted molar refractivity (Wildman–Crippen MR) is 132 cm³/mol. The lowest BCUT2D eigenvalue weighted by Gasteiger charge is -2.25. The number of aliphatic hydroxyl groups excluding tert-OH is 1. The smallest absolute Gasteiger partial charge is 0.274 e. The molecule has 1 amide bonds. The van der Waals surface area contributed by atoms with Crippen molar-refractivity contribution in [2.75, 3.05) is 0 Å². The number of amides is 1. The number of aryl methyl sites for hydroxylation is 1. The van der Waals surface area contributed by atoms with Gasteiger partial charge in [-0.15, -0.1) is 12.4 Å². The molecule has 0 unspecified atom stereocenters. The number of hydrogen-bond donors (Lipinski definition) is 2.